The van der Waals surface area contributed by atoms with E-state index >= 15 is 0 Å². The van der Waals surface area contributed by atoms with Crippen LogP contribution >= 0.6 is 11.6 Å². The van der Waals surface area contributed by atoms with Gasteiger partial charge in [-0.05, 0) is 38.1 Å². The number of amides is 3. The molecular formula is C18H20ClN3O3. The van der Waals surface area contributed by atoms with Crippen molar-refractivity contribution in [2.45, 2.75) is 19.9 Å². The summed E-state index contributed by atoms with van der Waals surface area (Å²) >= 11 is 6.12. The van der Waals surface area contributed by atoms with Gasteiger partial charge in [0.2, 0.25) is 5.91 Å². The van der Waals surface area contributed by atoms with E-state index in [1.165, 1.54) is 0 Å². The molecule has 1 unspecified atom stereocenters. The van der Waals surface area contributed by atoms with E-state index in [0.717, 1.165) is 0 Å². The van der Waals surface area contributed by atoms with Crippen molar-refractivity contribution in [3.8, 4) is 11.5 Å². The molecule has 25 heavy (non-hydrogen) atoms. The number of benzene rings is 2. The Morgan fingerprint density at radius 1 is 1.08 bits per heavy atom. The number of rotatable bonds is 6. The molecule has 7 heteroatoms. The van der Waals surface area contributed by atoms with E-state index in [4.69, 9.17) is 16.3 Å². The van der Waals surface area contributed by atoms with Gasteiger partial charge < -0.3 is 15.4 Å². The van der Waals surface area contributed by atoms with Crippen LogP contribution in [0, 0.1) is 0 Å². The molecule has 0 spiro atoms. The molecule has 0 aliphatic rings. The molecule has 0 heterocycles. The van der Waals surface area contributed by atoms with Gasteiger partial charge in [-0.15, -0.1) is 0 Å². The van der Waals surface area contributed by atoms with Gasteiger partial charge in [0.1, 0.15) is 11.8 Å². The number of nitrogens with one attached hydrogen (secondary N) is 3. The molecule has 0 bridgehead atoms. The topological polar surface area (TPSA) is 79.5 Å². The number of urea groups is 1. The minimum Gasteiger partial charge on any atom is -0.454 e. The number of halogens is 1. The van der Waals surface area contributed by atoms with Gasteiger partial charge in [0, 0.05) is 6.54 Å². The highest BCUT2D eigenvalue weighted by molar-refractivity contribution is 6.32. The molecule has 1 atom stereocenters. The van der Waals surface area contributed by atoms with Crippen LogP contribution in [0.4, 0.5) is 10.5 Å². The number of carbonyl (C=O) groups is 2. The minimum absolute atomic E-state index is 0.440. The second kappa shape index (κ2) is 8.94. The lowest BCUT2D eigenvalue weighted by atomic mass is 10.2. The third kappa shape index (κ3) is 5.39. The normalized spacial score (nSPS) is 11.3. The van der Waals surface area contributed by atoms with Crippen LogP contribution in [0.2, 0.25) is 5.02 Å². The summed E-state index contributed by atoms with van der Waals surface area (Å²) in [5.41, 5.74) is 0.612. The number of ether oxygens (including phenoxy) is 1. The molecule has 0 aliphatic heterocycles. The summed E-state index contributed by atoms with van der Waals surface area (Å²) in [7, 11) is 0. The minimum atomic E-state index is -0.640. The Labute approximate surface area is 151 Å². The van der Waals surface area contributed by atoms with Crippen molar-refractivity contribution in [3.63, 3.8) is 0 Å². The fraction of sp³-hybridized carbons (Fsp3) is 0.222. The third-order valence-electron chi connectivity index (χ3n) is 3.28. The smallest absolute Gasteiger partial charge is 0.321 e. The van der Waals surface area contributed by atoms with E-state index in [-0.39, 0.29) is 0 Å². The number of carbonyl (C=O) groups excluding carboxylic acids is 2. The van der Waals surface area contributed by atoms with Gasteiger partial charge in [-0.25, -0.2) is 4.79 Å². The van der Waals surface area contributed by atoms with Gasteiger partial charge in [0.25, 0.3) is 0 Å². The zero-order valence-electron chi connectivity index (χ0n) is 14.0. The molecular weight excluding hydrogens is 342 g/mol. The van der Waals surface area contributed by atoms with Crippen LogP contribution in [0.25, 0.3) is 0 Å². The first-order valence-electron chi connectivity index (χ1n) is 7.88. The summed E-state index contributed by atoms with van der Waals surface area (Å²) < 4.78 is 5.84. The zero-order chi connectivity index (χ0) is 18.2. The third-order valence-corrected chi connectivity index (χ3v) is 3.60. The number of para-hydroxylation sites is 3. The van der Waals surface area contributed by atoms with E-state index in [2.05, 4.69) is 16.0 Å². The molecule has 132 valence electrons. The average molecular weight is 362 g/mol. The van der Waals surface area contributed by atoms with Crippen LogP contribution < -0.4 is 20.7 Å². The fourth-order valence-corrected chi connectivity index (χ4v) is 2.22. The molecule has 0 radical (unpaired) electrons. The maximum absolute atomic E-state index is 12.1. The van der Waals surface area contributed by atoms with Crippen molar-refractivity contribution in [1.82, 2.24) is 10.6 Å². The quantitative estimate of drug-likeness (QED) is 0.731. The van der Waals surface area contributed by atoms with Crippen molar-refractivity contribution in [2.24, 2.45) is 0 Å². The summed E-state index contributed by atoms with van der Waals surface area (Å²) in [6.07, 6.45) is 0. The highest BCUT2D eigenvalue weighted by atomic mass is 35.5. The SMILES string of the molecule is CCNC(=O)NC(=O)C(C)Nc1ccccc1Oc1ccccc1Cl. The van der Waals surface area contributed by atoms with Gasteiger partial charge in [-0.3, -0.25) is 10.1 Å². The molecule has 3 N–H and O–H groups in total. The van der Waals surface area contributed by atoms with Crippen molar-refractivity contribution in [1.29, 1.82) is 0 Å². The Morgan fingerprint density at radius 3 is 2.40 bits per heavy atom. The zero-order valence-corrected chi connectivity index (χ0v) is 14.8. The lowest BCUT2D eigenvalue weighted by Gasteiger charge is -2.18. The summed E-state index contributed by atoms with van der Waals surface area (Å²) in [5.74, 6) is 0.588. The lowest BCUT2D eigenvalue weighted by Crippen LogP contribution is -2.45. The van der Waals surface area contributed by atoms with Gasteiger partial charge >= 0.3 is 6.03 Å². The number of imide groups is 1. The maximum atomic E-state index is 12.1. The average Bonchev–Trinajstić information content (AvgIpc) is 2.58. The second-order valence-electron chi connectivity index (χ2n) is 5.24. The van der Waals surface area contributed by atoms with E-state index in [0.29, 0.717) is 28.8 Å². The molecule has 0 aliphatic carbocycles. The summed E-state index contributed by atoms with van der Waals surface area (Å²) in [5, 5.41) is 8.30. The van der Waals surface area contributed by atoms with Gasteiger partial charge in [-0.2, -0.15) is 0 Å². The van der Waals surface area contributed by atoms with E-state index in [9.17, 15) is 9.59 Å². The number of hydrogen-bond donors (Lipinski definition) is 3. The first-order chi connectivity index (χ1) is 12.0. The van der Waals surface area contributed by atoms with E-state index < -0.39 is 18.0 Å². The molecule has 6 nitrogen and oxygen atoms in total. The van der Waals surface area contributed by atoms with Crippen molar-refractivity contribution >= 4 is 29.2 Å². The highest BCUT2D eigenvalue weighted by Gasteiger charge is 2.17. The lowest BCUT2D eigenvalue weighted by molar-refractivity contribution is -0.120. The maximum Gasteiger partial charge on any atom is 0.321 e. The number of hydrogen-bond acceptors (Lipinski definition) is 4. The second-order valence-corrected chi connectivity index (χ2v) is 5.65. The Hall–Kier alpha value is -2.73. The predicted molar refractivity (Wildman–Crippen MR) is 98.3 cm³/mol. The van der Waals surface area contributed by atoms with Crippen LogP contribution in [0.3, 0.4) is 0 Å². The molecule has 0 aromatic heterocycles. The molecule has 0 saturated heterocycles. The first-order valence-corrected chi connectivity index (χ1v) is 8.25. The van der Waals surface area contributed by atoms with Crippen LogP contribution in [0.15, 0.2) is 48.5 Å². The number of anilines is 1. The summed E-state index contributed by atoms with van der Waals surface area (Å²) in [4.78, 5) is 23.5. The van der Waals surface area contributed by atoms with Gasteiger partial charge in [0.15, 0.2) is 5.75 Å². The molecule has 2 aromatic carbocycles. The molecule has 3 amide bonds. The monoisotopic (exact) mass is 361 g/mol. The van der Waals surface area contributed by atoms with Gasteiger partial charge in [0.05, 0.1) is 10.7 Å². The Balaban J connectivity index is 2.08. The van der Waals surface area contributed by atoms with Crippen LogP contribution in [0.1, 0.15) is 13.8 Å². The standard InChI is InChI=1S/C18H20ClN3O3/c1-3-20-18(24)22-17(23)12(2)21-14-9-5-7-11-16(14)25-15-10-6-4-8-13(15)19/h4-12,21H,3H2,1-2H3,(H2,20,22,23,24). The Morgan fingerprint density at radius 2 is 1.72 bits per heavy atom. The molecule has 0 fully saturated rings. The molecule has 2 aromatic rings. The first kappa shape index (κ1) is 18.6. The summed E-state index contributed by atoms with van der Waals surface area (Å²) in [6, 6.07) is 13.1. The van der Waals surface area contributed by atoms with Crippen molar-refractivity contribution in [3.05, 3.63) is 53.6 Å². The van der Waals surface area contributed by atoms with Crippen LogP contribution in [-0.4, -0.2) is 24.5 Å². The van der Waals surface area contributed by atoms with E-state index in [1.807, 2.05) is 24.3 Å². The Bertz CT molecular complexity index is 752. The van der Waals surface area contributed by atoms with Crippen LogP contribution in [-0.2, 0) is 4.79 Å². The Kier molecular flexibility index (Phi) is 6.65. The van der Waals surface area contributed by atoms with Gasteiger partial charge in [-0.1, -0.05) is 35.9 Å². The largest absolute Gasteiger partial charge is 0.454 e. The van der Waals surface area contributed by atoms with Crippen molar-refractivity contribution in [2.75, 3.05) is 11.9 Å². The van der Waals surface area contributed by atoms with Crippen LogP contribution in [0.5, 0.6) is 11.5 Å². The van der Waals surface area contributed by atoms with Crippen molar-refractivity contribution < 1.29 is 14.3 Å². The fourth-order valence-electron chi connectivity index (χ4n) is 2.04. The van der Waals surface area contributed by atoms with E-state index in [1.54, 1.807) is 38.1 Å². The molecule has 0 saturated carbocycles. The predicted octanol–water partition coefficient (Wildman–Crippen LogP) is 3.78. The highest BCUT2D eigenvalue weighted by Crippen LogP contribution is 2.33. The summed E-state index contributed by atoms with van der Waals surface area (Å²) in [6.45, 7) is 3.87. The molecule has 2 rings (SSSR count).